The first kappa shape index (κ1) is 28.6. The van der Waals surface area contributed by atoms with E-state index in [-0.39, 0.29) is 46.8 Å². The largest absolute Gasteiger partial charge is 0.497 e. The molecule has 1 aromatic heterocycles. The monoisotopic (exact) mass is 632 g/mol. The fourth-order valence-corrected chi connectivity index (χ4v) is 7.95. The van der Waals surface area contributed by atoms with Gasteiger partial charge in [-0.1, -0.05) is 54.1 Å². The van der Waals surface area contributed by atoms with Crippen molar-refractivity contribution in [3.8, 4) is 17.0 Å². The van der Waals surface area contributed by atoms with Crippen LogP contribution in [0.25, 0.3) is 22.2 Å². The molecule has 6 atom stereocenters. The van der Waals surface area contributed by atoms with E-state index in [1.165, 1.54) is 12.0 Å². The standard InChI is InChI=1S/C37H29ClN2O6/c1-18-29(38)13-12-25-28(37(44)46-17-31(41)20-4-3-5-22(14-20)45-2)16-30(39-34(18)25)19-6-8-21(9-7-19)40-35(42)32-23-10-11-24(27-15-26(23)27)33(32)36(40)43/h3-14,16,23-24,26-27,32-33H,15,17H2,1-2H3. The van der Waals surface area contributed by atoms with Gasteiger partial charge in [0.2, 0.25) is 11.8 Å². The fourth-order valence-electron chi connectivity index (χ4n) is 7.80. The summed E-state index contributed by atoms with van der Waals surface area (Å²) in [5, 5.41) is 1.03. The molecule has 0 radical (unpaired) electrons. The number of hydrogen-bond acceptors (Lipinski definition) is 7. The number of rotatable bonds is 7. The second-order valence-corrected chi connectivity index (χ2v) is 13.0. The zero-order valence-electron chi connectivity index (χ0n) is 25.1. The molecule has 9 rings (SSSR count). The number of allylic oxidation sites excluding steroid dienone is 2. The number of methoxy groups -OCH3 is 1. The van der Waals surface area contributed by atoms with Gasteiger partial charge in [-0.25, -0.2) is 9.78 Å². The van der Waals surface area contributed by atoms with E-state index in [0.29, 0.717) is 61.6 Å². The molecular weight excluding hydrogens is 604 g/mol. The third-order valence-corrected chi connectivity index (χ3v) is 10.6. The second kappa shape index (κ2) is 10.6. The van der Waals surface area contributed by atoms with E-state index in [2.05, 4.69) is 12.2 Å². The SMILES string of the molecule is COc1cccc(C(=O)COC(=O)c2cc(-c3ccc(N4C(=O)C5C6C=CC(C7CC67)C5C4=O)cc3)nc3c(C)c(Cl)ccc23)c1. The highest BCUT2D eigenvalue weighted by molar-refractivity contribution is 6.32. The molecule has 9 heteroatoms. The van der Waals surface area contributed by atoms with Crippen molar-refractivity contribution in [2.24, 2.45) is 35.5 Å². The van der Waals surface area contributed by atoms with Gasteiger partial charge in [0.25, 0.3) is 0 Å². The lowest BCUT2D eigenvalue weighted by Crippen LogP contribution is -2.40. The second-order valence-electron chi connectivity index (χ2n) is 12.6. The van der Waals surface area contributed by atoms with E-state index in [1.54, 1.807) is 66.7 Å². The van der Waals surface area contributed by atoms with Crippen LogP contribution in [0, 0.1) is 42.4 Å². The normalized spacial score (nSPS) is 25.4. The van der Waals surface area contributed by atoms with Gasteiger partial charge in [-0.15, -0.1) is 0 Å². The number of ether oxygens (including phenoxy) is 2. The highest BCUT2D eigenvalue weighted by Gasteiger charge is 2.67. The molecule has 46 heavy (non-hydrogen) atoms. The number of halogens is 1. The molecule has 4 aliphatic carbocycles. The van der Waals surface area contributed by atoms with Gasteiger partial charge in [-0.3, -0.25) is 19.3 Å². The number of ketones is 1. The molecule has 3 aromatic carbocycles. The average Bonchev–Trinajstić information content (AvgIpc) is 3.87. The van der Waals surface area contributed by atoms with Crippen molar-refractivity contribution < 1.29 is 28.7 Å². The molecule has 5 aliphatic rings. The van der Waals surface area contributed by atoms with Crippen LogP contribution < -0.4 is 9.64 Å². The summed E-state index contributed by atoms with van der Waals surface area (Å²) in [6, 6.07) is 18.8. The summed E-state index contributed by atoms with van der Waals surface area (Å²) in [6.45, 7) is 1.37. The first-order chi connectivity index (χ1) is 22.2. The van der Waals surface area contributed by atoms with Gasteiger partial charge < -0.3 is 9.47 Å². The summed E-state index contributed by atoms with van der Waals surface area (Å²) >= 11 is 6.44. The quantitative estimate of drug-likeness (QED) is 0.0996. The molecule has 6 unspecified atom stereocenters. The van der Waals surface area contributed by atoms with E-state index >= 15 is 0 Å². The lowest BCUT2D eigenvalue weighted by atomic mass is 9.63. The van der Waals surface area contributed by atoms with Crippen LogP contribution >= 0.6 is 11.6 Å². The van der Waals surface area contributed by atoms with Crippen LogP contribution in [0.4, 0.5) is 5.69 Å². The number of fused-ring (bicyclic) bond motifs is 1. The van der Waals surface area contributed by atoms with Gasteiger partial charge in [0.05, 0.1) is 41.4 Å². The predicted octanol–water partition coefficient (Wildman–Crippen LogP) is 6.47. The number of pyridine rings is 1. The Kier molecular flexibility index (Phi) is 6.62. The smallest absolute Gasteiger partial charge is 0.339 e. The minimum absolute atomic E-state index is 0.116. The number of nitrogens with zero attached hydrogens (tertiary/aromatic N) is 2. The lowest BCUT2D eigenvalue weighted by Gasteiger charge is -2.37. The highest BCUT2D eigenvalue weighted by Crippen LogP contribution is 2.65. The number of carbonyl (C=O) groups excluding carboxylic acids is 4. The minimum Gasteiger partial charge on any atom is -0.497 e. The number of Topliss-reactive ketones (excluding diaryl/α,β-unsaturated/α-hetero) is 1. The number of esters is 1. The lowest BCUT2D eigenvalue weighted by molar-refractivity contribution is -0.124. The Balaban J connectivity index is 1.08. The Hall–Kier alpha value is -4.82. The molecule has 2 saturated carbocycles. The van der Waals surface area contributed by atoms with Gasteiger partial charge in [-0.05, 0) is 79.0 Å². The van der Waals surface area contributed by atoms with E-state index in [1.807, 2.05) is 6.92 Å². The van der Waals surface area contributed by atoms with Crippen molar-refractivity contribution >= 4 is 51.8 Å². The number of aromatic nitrogens is 1. The number of benzene rings is 3. The zero-order chi connectivity index (χ0) is 31.9. The van der Waals surface area contributed by atoms with E-state index in [9.17, 15) is 19.2 Å². The van der Waals surface area contributed by atoms with Crippen molar-refractivity contribution in [2.45, 2.75) is 13.3 Å². The number of amides is 2. The Morgan fingerprint density at radius 2 is 1.63 bits per heavy atom. The number of aryl methyl sites for hydroxylation is 1. The Labute approximate surface area is 270 Å². The van der Waals surface area contributed by atoms with Gasteiger partial charge in [0.1, 0.15) is 5.75 Å². The van der Waals surface area contributed by atoms with E-state index in [4.69, 9.17) is 26.1 Å². The van der Waals surface area contributed by atoms with Gasteiger partial charge in [0.15, 0.2) is 12.4 Å². The van der Waals surface area contributed by atoms with Crippen LogP contribution in [0.2, 0.25) is 5.02 Å². The van der Waals surface area contributed by atoms with Crippen LogP contribution in [0.15, 0.2) is 78.9 Å². The number of anilines is 1. The first-order valence-corrected chi connectivity index (χ1v) is 15.7. The van der Waals surface area contributed by atoms with Crippen molar-refractivity contribution in [3.05, 3.63) is 101 Å². The Morgan fingerprint density at radius 1 is 0.935 bits per heavy atom. The molecular formula is C37H29ClN2O6. The highest BCUT2D eigenvalue weighted by atomic mass is 35.5. The zero-order valence-corrected chi connectivity index (χ0v) is 25.9. The fraction of sp³-hybridized carbons (Fsp3) is 0.270. The predicted molar refractivity (Wildman–Crippen MR) is 172 cm³/mol. The third-order valence-electron chi connectivity index (χ3n) is 10.2. The number of hydrogen-bond donors (Lipinski definition) is 0. The van der Waals surface area contributed by atoms with Crippen LogP contribution in [-0.2, 0) is 14.3 Å². The summed E-state index contributed by atoms with van der Waals surface area (Å²) in [5.74, 6) is 0.0771. The summed E-state index contributed by atoms with van der Waals surface area (Å²) in [6.07, 6.45) is 5.44. The van der Waals surface area contributed by atoms with Crippen molar-refractivity contribution in [1.82, 2.24) is 4.98 Å². The van der Waals surface area contributed by atoms with Gasteiger partial charge in [0, 0.05) is 21.5 Å². The molecule has 0 N–H and O–H groups in total. The van der Waals surface area contributed by atoms with Gasteiger partial charge in [-0.2, -0.15) is 0 Å². The topological polar surface area (TPSA) is 103 Å². The molecule has 4 aromatic rings. The molecule has 2 heterocycles. The van der Waals surface area contributed by atoms with Crippen molar-refractivity contribution in [1.29, 1.82) is 0 Å². The maximum atomic E-state index is 13.6. The molecule has 2 amide bonds. The van der Waals surface area contributed by atoms with Gasteiger partial charge >= 0.3 is 5.97 Å². The molecule has 3 fully saturated rings. The Morgan fingerprint density at radius 3 is 2.30 bits per heavy atom. The molecule has 1 aliphatic heterocycles. The molecule has 230 valence electrons. The van der Waals surface area contributed by atoms with E-state index in [0.717, 1.165) is 6.42 Å². The number of imide groups is 1. The summed E-state index contributed by atoms with van der Waals surface area (Å²) in [4.78, 5) is 59.6. The summed E-state index contributed by atoms with van der Waals surface area (Å²) < 4.78 is 10.7. The van der Waals surface area contributed by atoms with Crippen LogP contribution in [0.1, 0.15) is 32.7 Å². The third kappa shape index (κ3) is 4.38. The maximum absolute atomic E-state index is 13.6. The van der Waals surface area contributed by atoms with Crippen LogP contribution in [0.3, 0.4) is 0 Å². The molecule has 1 saturated heterocycles. The minimum atomic E-state index is -0.680. The van der Waals surface area contributed by atoms with Crippen LogP contribution in [0.5, 0.6) is 5.75 Å². The number of carbonyl (C=O) groups is 4. The summed E-state index contributed by atoms with van der Waals surface area (Å²) in [7, 11) is 1.51. The van der Waals surface area contributed by atoms with E-state index < -0.39 is 12.6 Å². The first-order valence-electron chi connectivity index (χ1n) is 15.4. The summed E-state index contributed by atoms with van der Waals surface area (Å²) in [5.41, 5.74) is 3.49. The van der Waals surface area contributed by atoms with Crippen LogP contribution in [-0.4, -0.2) is 42.3 Å². The molecule has 2 bridgehead atoms. The van der Waals surface area contributed by atoms with Crippen molar-refractivity contribution in [3.63, 3.8) is 0 Å². The van der Waals surface area contributed by atoms with Crippen molar-refractivity contribution in [2.75, 3.05) is 18.6 Å². The Bertz CT molecular complexity index is 1980. The average molecular weight is 633 g/mol. The maximum Gasteiger partial charge on any atom is 0.339 e. The molecule has 8 nitrogen and oxygen atoms in total. The molecule has 0 spiro atoms.